The molecule has 34 heavy (non-hydrogen) atoms. The zero-order valence-corrected chi connectivity index (χ0v) is 19.1. The fourth-order valence-electron chi connectivity index (χ4n) is 5.77. The fourth-order valence-corrected chi connectivity index (χ4v) is 5.77. The van der Waals surface area contributed by atoms with E-state index in [0.717, 1.165) is 70.7 Å². The molecule has 2 aliphatic heterocycles. The van der Waals surface area contributed by atoms with Gasteiger partial charge >= 0.3 is 6.18 Å². The van der Waals surface area contributed by atoms with Crippen LogP contribution in [0.5, 0.6) is 0 Å². The van der Waals surface area contributed by atoms with Gasteiger partial charge in [0.1, 0.15) is 5.56 Å². The molecule has 2 unspecified atom stereocenters. The average molecular weight is 480 g/mol. The normalized spacial score (nSPS) is 26.1. The summed E-state index contributed by atoms with van der Waals surface area (Å²) in [5.74, 6) is 0.624. The number of nitrogens with zero attached hydrogens (tertiary/aromatic N) is 4. The summed E-state index contributed by atoms with van der Waals surface area (Å²) >= 11 is 0. The third kappa shape index (κ3) is 5.02. The first-order valence-corrected chi connectivity index (χ1v) is 11.9. The van der Waals surface area contributed by atoms with Crippen molar-refractivity contribution in [3.05, 3.63) is 35.4 Å². The van der Waals surface area contributed by atoms with Crippen LogP contribution in [0, 0.1) is 30.6 Å². The fraction of sp³-hybridized carbons (Fsp3) is 0.625. The molecule has 6 nitrogen and oxygen atoms in total. The number of fused-ring (bicyclic) bond motifs is 1. The van der Waals surface area contributed by atoms with Crippen LogP contribution in [0.4, 0.5) is 23.4 Å². The van der Waals surface area contributed by atoms with Crippen molar-refractivity contribution < 1.29 is 22.3 Å². The van der Waals surface area contributed by atoms with Gasteiger partial charge in [-0.2, -0.15) is 17.6 Å². The van der Waals surface area contributed by atoms with Crippen LogP contribution >= 0.6 is 0 Å². The molecule has 3 aliphatic rings. The number of likely N-dealkylation sites (tertiary alicyclic amines) is 1. The number of alkyl halides is 3. The SMILES string of the molecule is Cc1cnc(F)cc1-c1cc(C(F)(F)F)c(NC2CC3CN(CC4CCOCC4)CC3C2)nn1. The van der Waals surface area contributed by atoms with Gasteiger partial charge in [0.15, 0.2) is 5.82 Å². The molecular weight excluding hydrogens is 450 g/mol. The molecule has 184 valence electrons. The number of hydrogen-bond donors (Lipinski definition) is 1. The van der Waals surface area contributed by atoms with Gasteiger partial charge in [0.2, 0.25) is 5.95 Å². The zero-order chi connectivity index (χ0) is 23.9. The van der Waals surface area contributed by atoms with E-state index >= 15 is 0 Å². The molecule has 0 radical (unpaired) electrons. The van der Waals surface area contributed by atoms with E-state index in [0.29, 0.717) is 23.3 Å². The van der Waals surface area contributed by atoms with Crippen LogP contribution in [0.1, 0.15) is 36.8 Å². The molecule has 1 aliphatic carbocycles. The molecule has 4 heterocycles. The average Bonchev–Trinajstić information content (AvgIpc) is 3.33. The number of pyridine rings is 1. The van der Waals surface area contributed by atoms with Gasteiger partial charge < -0.3 is 15.0 Å². The van der Waals surface area contributed by atoms with Crippen molar-refractivity contribution in [1.82, 2.24) is 20.1 Å². The Kier molecular flexibility index (Phi) is 6.45. The molecule has 1 saturated carbocycles. The third-order valence-electron chi connectivity index (χ3n) is 7.47. The molecular formula is C24H29F4N5O. The van der Waals surface area contributed by atoms with Gasteiger partial charge in [-0.1, -0.05) is 0 Å². The maximum absolute atomic E-state index is 13.9. The minimum Gasteiger partial charge on any atom is -0.381 e. The Bertz CT molecular complexity index is 1010. The molecule has 0 amide bonds. The lowest BCUT2D eigenvalue weighted by molar-refractivity contribution is -0.137. The molecule has 0 aromatic carbocycles. The van der Waals surface area contributed by atoms with Crippen molar-refractivity contribution in [3.8, 4) is 11.3 Å². The molecule has 1 N–H and O–H groups in total. The highest BCUT2D eigenvalue weighted by atomic mass is 19.4. The van der Waals surface area contributed by atoms with Crippen LogP contribution in [0.2, 0.25) is 0 Å². The number of hydrogen-bond acceptors (Lipinski definition) is 6. The lowest BCUT2D eigenvalue weighted by Crippen LogP contribution is -2.32. The van der Waals surface area contributed by atoms with Gasteiger partial charge in [-0.25, -0.2) is 4.98 Å². The van der Waals surface area contributed by atoms with E-state index in [2.05, 4.69) is 25.4 Å². The van der Waals surface area contributed by atoms with Gasteiger partial charge in [0.25, 0.3) is 0 Å². The smallest absolute Gasteiger partial charge is 0.381 e. The first kappa shape index (κ1) is 23.4. The second-order valence-electron chi connectivity index (χ2n) is 9.92. The summed E-state index contributed by atoms with van der Waals surface area (Å²) < 4.78 is 60.7. The highest BCUT2D eigenvalue weighted by molar-refractivity contribution is 5.65. The van der Waals surface area contributed by atoms with Gasteiger partial charge in [0, 0.05) is 56.7 Å². The predicted molar refractivity (Wildman–Crippen MR) is 119 cm³/mol. The number of halogens is 4. The number of rotatable bonds is 5. The predicted octanol–water partition coefficient (Wildman–Crippen LogP) is 4.55. The van der Waals surface area contributed by atoms with E-state index in [4.69, 9.17) is 4.74 Å². The van der Waals surface area contributed by atoms with E-state index in [1.807, 2.05) is 0 Å². The van der Waals surface area contributed by atoms with E-state index < -0.39 is 17.7 Å². The van der Waals surface area contributed by atoms with Crippen molar-refractivity contribution in [2.75, 3.05) is 38.2 Å². The quantitative estimate of drug-likeness (QED) is 0.501. The summed E-state index contributed by atoms with van der Waals surface area (Å²) in [6.45, 7) is 6.43. The number of nitrogens with one attached hydrogen (secondary N) is 1. The summed E-state index contributed by atoms with van der Waals surface area (Å²) in [5, 5.41) is 10.9. The molecule has 10 heteroatoms. The Morgan fingerprint density at radius 2 is 1.79 bits per heavy atom. The van der Waals surface area contributed by atoms with E-state index in [1.165, 1.54) is 6.20 Å². The van der Waals surface area contributed by atoms with Gasteiger partial charge in [0.05, 0.1) is 5.69 Å². The molecule has 5 rings (SSSR count). The van der Waals surface area contributed by atoms with Gasteiger partial charge in [-0.3, -0.25) is 0 Å². The highest BCUT2D eigenvalue weighted by Gasteiger charge is 2.43. The molecule has 3 fully saturated rings. The molecule has 2 aromatic rings. The monoisotopic (exact) mass is 479 g/mol. The number of anilines is 1. The Hall–Kier alpha value is -2.33. The van der Waals surface area contributed by atoms with Crippen molar-refractivity contribution in [1.29, 1.82) is 0 Å². The topological polar surface area (TPSA) is 63.2 Å². The van der Waals surface area contributed by atoms with Crippen LogP contribution in [0.25, 0.3) is 11.3 Å². The van der Waals surface area contributed by atoms with E-state index in [9.17, 15) is 17.6 Å². The third-order valence-corrected chi connectivity index (χ3v) is 7.47. The van der Waals surface area contributed by atoms with E-state index in [1.54, 1.807) is 6.92 Å². The first-order valence-electron chi connectivity index (χ1n) is 11.9. The minimum absolute atomic E-state index is 0.0243. The second kappa shape index (κ2) is 9.37. The molecule has 2 aromatic heterocycles. The number of ether oxygens (including phenoxy) is 1. The van der Waals surface area contributed by atoms with Crippen LogP contribution in [0.15, 0.2) is 18.3 Å². The highest BCUT2D eigenvalue weighted by Crippen LogP contribution is 2.42. The summed E-state index contributed by atoms with van der Waals surface area (Å²) in [4.78, 5) is 6.05. The standard InChI is InChI=1S/C24H29F4N5O/c1-14-10-29-22(25)8-19(14)21-9-20(24(26,27)28)23(32-31-21)30-18-6-16-12-33(13-17(16)7-18)11-15-2-4-34-5-3-15/h8-10,15-18H,2-7,11-13H2,1H3,(H,30,32). The van der Waals surface area contributed by atoms with Crippen LogP contribution in [-0.2, 0) is 10.9 Å². The van der Waals surface area contributed by atoms with Crippen LogP contribution in [0.3, 0.4) is 0 Å². The van der Waals surface area contributed by atoms with Crippen molar-refractivity contribution in [3.63, 3.8) is 0 Å². The maximum atomic E-state index is 13.9. The van der Waals surface area contributed by atoms with Gasteiger partial charge in [-0.05, 0) is 62.0 Å². The van der Waals surface area contributed by atoms with Crippen LogP contribution in [-0.4, -0.2) is 59.0 Å². The summed E-state index contributed by atoms with van der Waals surface area (Å²) in [6, 6.07) is 1.96. The summed E-state index contributed by atoms with van der Waals surface area (Å²) in [5.41, 5.74) is -0.133. The molecule has 0 spiro atoms. The van der Waals surface area contributed by atoms with Crippen molar-refractivity contribution >= 4 is 5.82 Å². The second-order valence-corrected chi connectivity index (χ2v) is 9.92. The Morgan fingerprint density at radius 1 is 1.09 bits per heavy atom. The first-order chi connectivity index (χ1) is 16.3. The van der Waals surface area contributed by atoms with Gasteiger partial charge in [-0.15, -0.1) is 10.2 Å². The largest absolute Gasteiger partial charge is 0.420 e. The summed E-state index contributed by atoms with van der Waals surface area (Å²) in [6.07, 6.45) is 0.525. The minimum atomic E-state index is -4.61. The lowest BCUT2D eigenvalue weighted by atomic mass is 10.00. The number of aryl methyl sites for hydroxylation is 1. The lowest BCUT2D eigenvalue weighted by Gasteiger charge is -2.28. The molecule has 2 atom stereocenters. The number of aromatic nitrogens is 3. The Labute approximate surface area is 196 Å². The molecule has 2 saturated heterocycles. The maximum Gasteiger partial charge on any atom is 0.420 e. The van der Waals surface area contributed by atoms with Crippen molar-refractivity contribution in [2.45, 2.75) is 44.8 Å². The van der Waals surface area contributed by atoms with Crippen LogP contribution < -0.4 is 5.32 Å². The molecule has 0 bridgehead atoms. The Balaban J connectivity index is 1.26. The Morgan fingerprint density at radius 3 is 2.47 bits per heavy atom. The zero-order valence-electron chi connectivity index (χ0n) is 19.1. The summed E-state index contributed by atoms with van der Waals surface area (Å²) in [7, 11) is 0. The van der Waals surface area contributed by atoms with E-state index in [-0.39, 0.29) is 23.1 Å². The van der Waals surface area contributed by atoms with Crippen molar-refractivity contribution in [2.24, 2.45) is 17.8 Å².